The summed E-state index contributed by atoms with van der Waals surface area (Å²) in [5.41, 5.74) is 5.04. The molecule has 0 bridgehead atoms. The number of ketones is 1. The second-order valence-corrected chi connectivity index (χ2v) is 7.08. The third-order valence-corrected chi connectivity index (χ3v) is 5.22. The van der Waals surface area contributed by atoms with Crippen molar-refractivity contribution in [3.8, 4) is 0 Å². The minimum atomic E-state index is -0.342. The van der Waals surface area contributed by atoms with Crippen molar-refractivity contribution in [1.82, 2.24) is 4.57 Å². The van der Waals surface area contributed by atoms with Crippen LogP contribution in [0.5, 0.6) is 0 Å². The van der Waals surface area contributed by atoms with Gasteiger partial charge in [-0.1, -0.05) is 48.5 Å². The van der Waals surface area contributed by atoms with Gasteiger partial charge in [0.1, 0.15) is 5.82 Å². The maximum atomic E-state index is 13.7. The van der Waals surface area contributed by atoms with Crippen molar-refractivity contribution < 1.29 is 9.18 Å². The molecule has 5 rings (SSSR count). The van der Waals surface area contributed by atoms with Crippen LogP contribution in [0.25, 0.3) is 16.5 Å². The molecule has 0 unspecified atom stereocenters. The second kappa shape index (κ2) is 6.67. The fraction of sp³-hybridized carbons (Fsp3) is 0.0400. The van der Waals surface area contributed by atoms with Gasteiger partial charge >= 0.3 is 0 Å². The maximum absolute atomic E-state index is 13.7. The fourth-order valence-electron chi connectivity index (χ4n) is 3.86. The second-order valence-electron chi connectivity index (χ2n) is 7.08. The number of Topliss-reactive ketones (excluding diaryl/α,β-unsaturated/α-hetero) is 1. The monoisotopic (exact) mass is 380 g/mol. The number of nitrogens with zero attached hydrogens (tertiary/aromatic N) is 2. The topological polar surface area (TPSA) is 34.4 Å². The number of carbonyl (C=O) groups is 1. The number of rotatable bonds is 2. The fourth-order valence-corrected chi connectivity index (χ4v) is 3.86. The predicted molar refractivity (Wildman–Crippen MR) is 114 cm³/mol. The van der Waals surface area contributed by atoms with E-state index in [4.69, 9.17) is 0 Å². The molecule has 1 heterocycles. The molecule has 140 valence electrons. The molecule has 29 heavy (non-hydrogen) atoms. The zero-order valence-electron chi connectivity index (χ0n) is 15.8. The van der Waals surface area contributed by atoms with Gasteiger partial charge in [-0.2, -0.15) is 0 Å². The maximum Gasteiger partial charge on any atom is 0.194 e. The first-order chi connectivity index (χ1) is 14.1. The molecule has 0 N–H and O–H groups in total. The molecule has 4 aromatic rings. The van der Waals surface area contributed by atoms with Crippen LogP contribution in [0.3, 0.4) is 0 Å². The van der Waals surface area contributed by atoms with E-state index in [1.165, 1.54) is 12.1 Å². The van der Waals surface area contributed by atoms with Gasteiger partial charge in [0, 0.05) is 46.4 Å². The van der Waals surface area contributed by atoms with Crippen molar-refractivity contribution in [3.05, 3.63) is 108 Å². The molecule has 0 spiro atoms. The molecule has 0 radical (unpaired) electrons. The van der Waals surface area contributed by atoms with Crippen molar-refractivity contribution in [3.63, 3.8) is 0 Å². The quantitative estimate of drug-likeness (QED) is 0.438. The van der Waals surface area contributed by atoms with E-state index in [9.17, 15) is 9.18 Å². The van der Waals surface area contributed by atoms with Gasteiger partial charge in [-0.25, -0.2) is 9.38 Å². The normalized spacial score (nSPS) is 14.9. The van der Waals surface area contributed by atoms with Gasteiger partial charge in [0.25, 0.3) is 0 Å². The number of allylic oxidation sites excluding steroid dienone is 2. The molecular weight excluding hydrogens is 363 g/mol. The summed E-state index contributed by atoms with van der Waals surface area (Å²) in [4.78, 5) is 18.0. The largest absolute Gasteiger partial charge is 0.350 e. The van der Waals surface area contributed by atoms with E-state index in [2.05, 4.69) is 4.99 Å². The molecule has 3 aromatic carbocycles. The third-order valence-electron chi connectivity index (χ3n) is 5.22. The predicted octanol–water partition coefficient (Wildman–Crippen LogP) is 5.72. The van der Waals surface area contributed by atoms with E-state index in [1.54, 1.807) is 12.1 Å². The molecule has 1 aliphatic carbocycles. The smallest absolute Gasteiger partial charge is 0.194 e. The Labute approximate surface area is 167 Å². The Morgan fingerprint density at radius 2 is 1.62 bits per heavy atom. The first kappa shape index (κ1) is 17.3. The van der Waals surface area contributed by atoms with Crippen LogP contribution in [0, 0.1) is 5.82 Å². The number of aryl methyl sites for hydroxylation is 1. The number of fused-ring (bicyclic) bond motifs is 2. The van der Waals surface area contributed by atoms with E-state index < -0.39 is 0 Å². The van der Waals surface area contributed by atoms with Crippen molar-refractivity contribution in [2.45, 2.75) is 0 Å². The molecule has 3 nitrogen and oxygen atoms in total. The zero-order valence-corrected chi connectivity index (χ0v) is 15.8. The molecule has 4 heteroatoms. The van der Waals surface area contributed by atoms with E-state index in [0.717, 1.165) is 22.0 Å². The van der Waals surface area contributed by atoms with Crippen LogP contribution in [-0.2, 0) is 7.05 Å². The first-order valence-electron chi connectivity index (χ1n) is 9.36. The van der Waals surface area contributed by atoms with Gasteiger partial charge in [-0.05, 0) is 30.3 Å². The minimum Gasteiger partial charge on any atom is -0.350 e. The lowest BCUT2D eigenvalue weighted by atomic mass is 9.85. The molecule has 0 fully saturated rings. The molecule has 0 atom stereocenters. The molecular formula is C25H17FN2O. The van der Waals surface area contributed by atoms with Gasteiger partial charge in [0.2, 0.25) is 0 Å². The summed E-state index contributed by atoms with van der Waals surface area (Å²) in [6.45, 7) is 0. The standard InChI is InChI=1S/C25H17FN2O/c1-28-15-22(19-10-4-5-12-24(19)28)21-14-23(27-17-8-6-7-16(26)13-17)18-9-2-3-11-20(18)25(21)29/h2-15H,1H3. The van der Waals surface area contributed by atoms with E-state index in [0.29, 0.717) is 22.5 Å². The number of hydrogen-bond donors (Lipinski definition) is 0. The lowest BCUT2D eigenvalue weighted by Gasteiger charge is -2.17. The SMILES string of the molecule is Cn1cc(C2=CC(=Nc3cccc(F)c3)c3ccccc3C2=O)c2ccccc21. The lowest BCUT2D eigenvalue weighted by Crippen LogP contribution is -2.16. The number of aromatic nitrogens is 1. The number of para-hydroxylation sites is 1. The van der Waals surface area contributed by atoms with Crippen LogP contribution in [0.15, 0.2) is 90.1 Å². The van der Waals surface area contributed by atoms with E-state index in [-0.39, 0.29) is 11.6 Å². The first-order valence-corrected chi connectivity index (χ1v) is 9.36. The minimum absolute atomic E-state index is 0.0323. The van der Waals surface area contributed by atoms with E-state index in [1.807, 2.05) is 72.4 Å². The van der Waals surface area contributed by atoms with Crippen molar-refractivity contribution in [2.75, 3.05) is 0 Å². The van der Waals surface area contributed by atoms with Crippen molar-refractivity contribution in [1.29, 1.82) is 0 Å². The van der Waals surface area contributed by atoms with Crippen LogP contribution in [0.2, 0.25) is 0 Å². The number of aliphatic imine (C=N–C) groups is 1. The summed E-state index contributed by atoms with van der Waals surface area (Å²) in [5, 5.41) is 1.01. The van der Waals surface area contributed by atoms with Gasteiger partial charge in [0.05, 0.1) is 11.4 Å². The Morgan fingerprint density at radius 1 is 0.862 bits per heavy atom. The highest BCUT2D eigenvalue weighted by Crippen LogP contribution is 2.34. The molecule has 1 aromatic heterocycles. The highest BCUT2D eigenvalue weighted by molar-refractivity contribution is 6.40. The number of carbonyl (C=O) groups excluding carboxylic acids is 1. The molecule has 0 amide bonds. The van der Waals surface area contributed by atoms with Crippen LogP contribution >= 0.6 is 0 Å². The Balaban J connectivity index is 1.75. The highest BCUT2D eigenvalue weighted by atomic mass is 19.1. The van der Waals surface area contributed by atoms with Gasteiger partial charge in [0.15, 0.2) is 5.78 Å². The molecule has 0 saturated carbocycles. The summed E-state index contributed by atoms with van der Waals surface area (Å²) >= 11 is 0. The highest BCUT2D eigenvalue weighted by Gasteiger charge is 2.27. The van der Waals surface area contributed by atoms with Crippen LogP contribution in [0.1, 0.15) is 21.5 Å². The summed E-state index contributed by atoms with van der Waals surface area (Å²) in [5.74, 6) is -0.375. The molecule has 0 aliphatic heterocycles. The van der Waals surface area contributed by atoms with Gasteiger partial charge < -0.3 is 4.57 Å². The Bertz CT molecular complexity index is 1340. The summed E-state index contributed by atoms with van der Waals surface area (Å²) < 4.78 is 15.7. The summed E-state index contributed by atoms with van der Waals surface area (Å²) in [6.07, 6.45) is 3.79. The average Bonchev–Trinajstić information content (AvgIpc) is 3.07. The molecule has 0 saturated heterocycles. The number of halogens is 1. The average molecular weight is 380 g/mol. The number of hydrogen-bond acceptors (Lipinski definition) is 2. The Kier molecular flexibility index (Phi) is 3.98. The van der Waals surface area contributed by atoms with Crippen LogP contribution in [0.4, 0.5) is 10.1 Å². The Hall–Kier alpha value is -3.79. The van der Waals surface area contributed by atoms with Crippen LogP contribution in [-0.4, -0.2) is 16.1 Å². The Morgan fingerprint density at radius 3 is 2.45 bits per heavy atom. The molecule has 1 aliphatic rings. The lowest BCUT2D eigenvalue weighted by molar-refractivity contribution is 0.105. The summed E-state index contributed by atoms with van der Waals surface area (Å²) in [6, 6.07) is 21.6. The van der Waals surface area contributed by atoms with Gasteiger partial charge in [-0.3, -0.25) is 4.79 Å². The zero-order chi connectivity index (χ0) is 20.0. The summed E-state index contributed by atoms with van der Waals surface area (Å²) in [7, 11) is 1.97. The van der Waals surface area contributed by atoms with Gasteiger partial charge in [-0.15, -0.1) is 0 Å². The van der Waals surface area contributed by atoms with E-state index >= 15 is 0 Å². The van der Waals surface area contributed by atoms with Crippen molar-refractivity contribution in [2.24, 2.45) is 12.0 Å². The number of benzene rings is 3. The third kappa shape index (κ3) is 2.90. The van der Waals surface area contributed by atoms with Crippen LogP contribution < -0.4 is 0 Å². The van der Waals surface area contributed by atoms with Crippen molar-refractivity contribution >= 4 is 33.7 Å².